The lowest BCUT2D eigenvalue weighted by Gasteiger charge is -2.32. The van der Waals surface area contributed by atoms with E-state index in [1.165, 1.54) is 0 Å². The van der Waals surface area contributed by atoms with Crippen molar-refractivity contribution in [2.24, 2.45) is 0 Å². The molecular formula is C24H30N2O5. The van der Waals surface area contributed by atoms with E-state index < -0.39 is 0 Å². The molecule has 0 aliphatic carbocycles. The van der Waals surface area contributed by atoms with E-state index in [1.807, 2.05) is 35.2 Å². The van der Waals surface area contributed by atoms with Crippen molar-refractivity contribution in [3.05, 3.63) is 53.6 Å². The number of methoxy groups -OCH3 is 3. The van der Waals surface area contributed by atoms with E-state index in [2.05, 4.69) is 5.32 Å². The zero-order valence-electron chi connectivity index (χ0n) is 18.3. The molecule has 1 saturated heterocycles. The Morgan fingerprint density at radius 3 is 2.39 bits per heavy atom. The SMILES string of the molecule is COc1cccc(C(=O)N2CCC(NC(=O)CCc3ccc(OC)c(OC)c3)CC2)c1. The number of nitrogens with one attached hydrogen (secondary N) is 1. The van der Waals surface area contributed by atoms with E-state index in [-0.39, 0.29) is 17.9 Å². The molecule has 2 aromatic carbocycles. The van der Waals surface area contributed by atoms with Crippen LogP contribution in [0.3, 0.4) is 0 Å². The highest BCUT2D eigenvalue weighted by atomic mass is 16.5. The van der Waals surface area contributed by atoms with Crippen molar-refractivity contribution < 1.29 is 23.8 Å². The molecule has 0 aromatic heterocycles. The van der Waals surface area contributed by atoms with Crippen LogP contribution in [-0.4, -0.2) is 57.2 Å². The number of carbonyl (C=O) groups excluding carboxylic acids is 2. The molecule has 1 heterocycles. The van der Waals surface area contributed by atoms with Gasteiger partial charge in [0.15, 0.2) is 11.5 Å². The highest BCUT2D eigenvalue weighted by Gasteiger charge is 2.24. The molecule has 0 unspecified atom stereocenters. The maximum Gasteiger partial charge on any atom is 0.253 e. The number of rotatable bonds is 8. The van der Waals surface area contributed by atoms with Gasteiger partial charge in [-0.3, -0.25) is 9.59 Å². The molecule has 0 atom stereocenters. The third-order valence-electron chi connectivity index (χ3n) is 5.55. The van der Waals surface area contributed by atoms with Gasteiger partial charge in [0.2, 0.25) is 5.91 Å². The maximum absolute atomic E-state index is 12.7. The summed E-state index contributed by atoms with van der Waals surface area (Å²) >= 11 is 0. The molecule has 31 heavy (non-hydrogen) atoms. The number of hydrogen-bond donors (Lipinski definition) is 1. The number of likely N-dealkylation sites (tertiary alicyclic amines) is 1. The molecule has 0 bridgehead atoms. The Bertz CT molecular complexity index is 907. The Morgan fingerprint density at radius 2 is 1.71 bits per heavy atom. The van der Waals surface area contributed by atoms with Gasteiger partial charge in [-0.25, -0.2) is 0 Å². The summed E-state index contributed by atoms with van der Waals surface area (Å²) in [5, 5.41) is 3.10. The molecule has 166 valence electrons. The largest absolute Gasteiger partial charge is 0.497 e. The van der Waals surface area contributed by atoms with Crippen LogP contribution in [0.5, 0.6) is 17.2 Å². The van der Waals surface area contributed by atoms with Crippen molar-refractivity contribution in [2.75, 3.05) is 34.4 Å². The lowest BCUT2D eigenvalue weighted by Crippen LogP contribution is -2.46. The summed E-state index contributed by atoms with van der Waals surface area (Å²) in [5.41, 5.74) is 1.64. The standard InChI is InChI=1S/C24H30N2O5/c1-29-20-6-4-5-18(16-20)24(28)26-13-11-19(12-14-26)25-23(27)10-8-17-7-9-21(30-2)22(15-17)31-3/h4-7,9,15-16,19H,8,10-14H2,1-3H3,(H,25,27). The van der Waals surface area contributed by atoms with Crippen LogP contribution in [0.25, 0.3) is 0 Å². The number of aryl methyl sites for hydroxylation is 1. The molecule has 3 rings (SSSR count). The Kier molecular flexibility index (Phi) is 7.76. The Balaban J connectivity index is 1.45. The van der Waals surface area contributed by atoms with Crippen LogP contribution in [0.1, 0.15) is 35.2 Å². The van der Waals surface area contributed by atoms with E-state index in [9.17, 15) is 9.59 Å². The molecule has 0 saturated carbocycles. The average Bonchev–Trinajstić information content (AvgIpc) is 2.82. The van der Waals surface area contributed by atoms with E-state index in [0.29, 0.717) is 48.7 Å². The van der Waals surface area contributed by atoms with Gasteiger partial charge in [0.25, 0.3) is 5.91 Å². The van der Waals surface area contributed by atoms with Gasteiger partial charge in [-0.15, -0.1) is 0 Å². The zero-order valence-corrected chi connectivity index (χ0v) is 18.3. The summed E-state index contributed by atoms with van der Waals surface area (Å²) in [6.45, 7) is 1.24. The third-order valence-corrected chi connectivity index (χ3v) is 5.55. The fourth-order valence-electron chi connectivity index (χ4n) is 3.76. The molecule has 1 N–H and O–H groups in total. The summed E-state index contributed by atoms with van der Waals surface area (Å²) in [5.74, 6) is 2.02. The molecule has 0 radical (unpaired) electrons. The molecule has 7 nitrogen and oxygen atoms in total. The maximum atomic E-state index is 12.7. The Hall–Kier alpha value is -3.22. The number of carbonyl (C=O) groups is 2. The third kappa shape index (κ3) is 5.90. The van der Waals surface area contributed by atoms with Crippen LogP contribution >= 0.6 is 0 Å². The summed E-state index contributed by atoms with van der Waals surface area (Å²) in [4.78, 5) is 27.0. The van der Waals surface area contributed by atoms with Crippen molar-refractivity contribution in [3.8, 4) is 17.2 Å². The number of nitrogens with zero attached hydrogens (tertiary/aromatic N) is 1. The van der Waals surface area contributed by atoms with Crippen molar-refractivity contribution in [1.29, 1.82) is 0 Å². The smallest absolute Gasteiger partial charge is 0.253 e. The minimum absolute atomic E-state index is 0.00266. The first kappa shape index (κ1) is 22.5. The van der Waals surface area contributed by atoms with E-state index in [4.69, 9.17) is 14.2 Å². The monoisotopic (exact) mass is 426 g/mol. The fraction of sp³-hybridized carbons (Fsp3) is 0.417. The van der Waals surface area contributed by atoms with Gasteiger partial charge in [-0.05, 0) is 55.2 Å². The van der Waals surface area contributed by atoms with Gasteiger partial charge in [0.05, 0.1) is 21.3 Å². The lowest BCUT2D eigenvalue weighted by molar-refractivity contribution is -0.122. The quantitative estimate of drug-likeness (QED) is 0.702. The van der Waals surface area contributed by atoms with Crippen molar-refractivity contribution in [2.45, 2.75) is 31.7 Å². The minimum atomic E-state index is -0.00266. The lowest BCUT2D eigenvalue weighted by atomic mass is 10.0. The zero-order chi connectivity index (χ0) is 22.2. The predicted molar refractivity (Wildman–Crippen MR) is 118 cm³/mol. The van der Waals surface area contributed by atoms with Gasteiger partial charge in [0.1, 0.15) is 5.75 Å². The van der Waals surface area contributed by atoms with Crippen LogP contribution < -0.4 is 19.5 Å². The molecule has 0 spiro atoms. The minimum Gasteiger partial charge on any atom is -0.497 e. The Labute approximate surface area is 183 Å². The second-order valence-electron chi connectivity index (χ2n) is 7.56. The van der Waals surface area contributed by atoms with E-state index in [1.54, 1.807) is 33.5 Å². The molecule has 1 aliphatic heterocycles. The first-order valence-corrected chi connectivity index (χ1v) is 10.5. The van der Waals surface area contributed by atoms with Crippen LogP contribution in [0, 0.1) is 0 Å². The van der Waals surface area contributed by atoms with E-state index in [0.717, 1.165) is 18.4 Å². The van der Waals surface area contributed by atoms with Gasteiger partial charge >= 0.3 is 0 Å². The van der Waals surface area contributed by atoms with E-state index >= 15 is 0 Å². The molecule has 1 fully saturated rings. The van der Waals surface area contributed by atoms with Gasteiger partial charge in [0, 0.05) is 31.1 Å². The van der Waals surface area contributed by atoms with Gasteiger partial charge < -0.3 is 24.4 Å². The predicted octanol–water partition coefficient (Wildman–Crippen LogP) is 3.07. The van der Waals surface area contributed by atoms with Crippen molar-refractivity contribution in [3.63, 3.8) is 0 Å². The summed E-state index contributed by atoms with van der Waals surface area (Å²) in [6, 6.07) is 13.0. The second kappa shape index (κ2) is 10.7. The summed E-state index contributed by atoms with van der Waals surface area (Å²) in [6.07, 6.45) is 2.52. The first-order chi connectivity index (χ1) is 15.0. The van der Waals surface area contributed by atoms with Crippen LogP contribution in [0.2, 0.25) is 0 Å². The first-order valence-electron chi connectivity index (χ1n) is 10.5. The fourth-order valence-corrected chi connectivity index (χ4v) is 3.76. The van der Waals surface area contributed by atoms with Crippen molar-refractivity contribution in [1.82, 2.24) is 10.2 Å². The molecule has 1 aliphatic rings. The topological polar surface area (TPSA) is 77.1 Å². The number of ether oxygens (including phenoxy) is 3. The van der Waals surface area contributed by atoms with Crippen LogP contribution in [0.15, 0.2) is 42.5 Å². The number of benzene rings is 2. The number of hydrogen-bond acceptors (Lipinski definition) is 5. The summed E-state index contributed by atoms with van der Waals surface area (Å²) in [7, 11) is 4.78. The average molecular weight is 427 g/mol. The van der Waals surface area contributed by atoms with Crippen LogP contribution in [0.4, 0.5) is 0 Å². The molecule has 2 amide bonds. The number of piperidine rings is 1. The molecule has 2 aromatic rings. The number of amides is 2. The highest BCUT2D eigenvalue weighted by molar-refractivity contribution is 5.94. The van der Waals surface area contributed by atoms with Crippen LogP contribution in [-0.2, 0) is 11.2 Å². The molecule has 7 heteroatoms. The second-order valence-corrected chi connectivity index (χ2v) is 7.56. The normalized spacial score (nSPS) is 14.1. The highest BCUT2D eigenvalue weighted by Crippen LogP contribution is 2.28. The van der Waals surface area contributed by atoms with Gasteiger partial charge in [-0.1, -0.05) is 12.1 Å². The van der Waals surface area contributed by atoms with Gasteiger partial charge in [-0.2, -0.15) is 0 Å². The molecular weight excluding hydrogens is 396 g/mol. The van der Waals surface area contributed by atoms with Crippen molar-refractivity contribution >= 4 is 11.8 Å². The Morgan fingerprint density at radius 1 is 0.968 bits per heavy atom. The summed E-state index contributed by atoms with van der Waals surface area (Å²) < 4.78 is 15.8.